The number of allylic oxidation sites excluding steroid dienone is 1. The summed E-state index contributed by atoms with van der Waals surface area (Å²) in [5.41, 5.74) is 4.30. The fourth-order valence-electron chi connectivity index (χ4n) is 2.27. The Kier molecular flexibility index (Phi) is 3.17. The average Bonchev–Trinajstić information content (AvgIpc) is 3.01. The van der Waals surface area contributed by atoms with E-state index in [0.717, 1.165) is 28.4 Å². The van der Waals surface area contributed by atoms with Gasteiger partial charge in [-0.2, -0.15) is 5.10 Å². The number of aromatic nitrogens is 2. The van der Waals surface area contributed by atoms with E-state index in [1.807, 2.05) is 44.2 Å². The summed E-state index contributed by atoms with van der Waals surface area (Å²) in [5.74, 6) is 1.36. The first-order chi connectivity index (χ1) is 10.1. The van der Waals surface area contributed by atoms with Crippen LogP contribution in [-0.2, 0) is 0 Å². The van der Waals surface area contributed by atoms with Crippen molar-refractivity contribution in [2.75, 3.05) is 7.11 Å². The number of ether oxygens (including phenoxy) is 1. The minimum Gasteiger partial charge on any atom is -0.497 e. The first-order valence-corrected chi connectivity index (χ1v) is 6.63. The number of rotatable bonds is 2. The van der Waals surface area contributed by atoms with Crippen molar-refractivity contribution in [1.29, 1.82) is 0 Å². The molecule has 0 saturated carbocycles. The van der Waals surface area contributed by atoms with Crippen molar-refractivity contribution >= 4 is 11.7 Å². The summed E-state index contributed by atoms with van der Waals surface area (Å²) in [4.78, 5) is 8.99. The van der Waals surface area contributed by atoms with Crippen molar-refractivity contribution in [3.8, 4) is 5.75 Å². The van der Waals surface area contributed by atoms with Gasteiger partial charge in [0.05, 0.1) is 24.2 Å². The predicted molar refractivity (Wildman–Crippen MR) is 83.2 cm³/mol. The summed E-state index contributed by atoms with van der Waals surface area (Å²) >= 11 is 0. The topological polar surface area (TPSA) is 51.8 Å². The molecule has 0 radical (unpaired) electrons. The van der Waals surface area contributed by atoms with Crippen LogP contribution in [0.25, 0.3) is 0 Å². The molecule has 0 unspecified atom stereocenters. The van der Waals surface area contributed by atoms with Gasteiger partial charge in [0.25, 0.3) is 5.96 Å². The number of benzene rings is 1. The fraction of sp³-hybridized carbons (Fsp3) is 0.188. The Morgan fingerprint density at radius 3 is 2.38 bits per heavy atom. The van der Waals surface area contributed by atoms with Gasteiger partial charge < -0.3 is 4.74 Å². The molecular weight excluding hydrogens is 264 g/mol. The molecule has 0 spiro atoms. The molecule has 21 heavy (non-hydrogen) atoms. The van der Waals surface area contributed by atoms with Crippen molar-refractivity contribution in [1.82, 2.24) is 9.78 Å². The number of aryl methyl sites for hydroxylation is 2. The molecule has 3 rings (SSSR count). The van der Waals surface area contributed by atoms with Gasteiger partial charge >= 0.3 is 0 Å². The Morgan fingerprint density at radius 1 is 1.10 bits per heavy atom. The van der Waals surface area contributed by atoms with Gasteiger partial charge in [0.2, 0.25) is 0 Å². The number of methoxy groups -OCH3 is 1. The van der Waals surface area contributed by atoms with Crippen molar-refractivity contribution in [3.63, 3.8) is 0 Å². The van der Waals surface area contributed by atoms with Crippen LogP contribution < -0.4 is 4.74 Å². The number of aliphatic imine (C=N–C) groups is 2. The first-order valence-electron chi connectivity index (χ1n) is 6.63. The van der Waals surface area contributed by atoms with E-state index in [2.05, 4.69) is 21.7 Å². The second-order valence-electron chi connectivity index (χ2n) is 4.89. The number of hydrogen-bond acceptors (Lipinski definition) is 4. The van der Waals surface area contributed by atoms with E-state index >= 15 is 0 Å². The largest absolute Gasteiger partial charge is 0.497 e. The maximum absolute atomic E-state index is 5.16. The lowest BCUT2D eigenvalue weighted by Crippen LogP contribution is -2.11. The van der Waals surface area contributed by atoms with Crippen LogP contribution in [-0.4, -0.2) is 28.6 Å². The van der Waals surface area contributed by atoms with E-state index in [-0.39, 0.29) is 0 Å². The standard InChI is InChI=1S/C16H16N4O/c1-10-9-11(2)20(19-10)16-17-12(3)15(18-16)13-5-7-14(21-4)8-6-13/h5-9H,3H2,1-2,4H3. The highest BCUT2D eigenvalue weighted by molar-refractivity contribution is 6.20. The Bertz CT molecular complexity index is 766. The molecule has 0 atom stereocenters. The summed E-state index contributed by atoms with van der Waals surface area (Å²) in [7, 11) is 1.64. The smallest absolute Gasteiger partial charge is 0.252 e. The van der Waals surface area contributed by atoms with Crippen molar-refractivity contribution in [2.45, 2.75) is 13.8 Å². The SMILES string of the molecule is C=C1N=C(n2nc(C)cc2C)N=C1c1ccc(OC)cc1. The Morgan fingerprint density at radius 2 is 1.81 bits per heavy atom. The minimum atomic E-state index is 0.552. The average molecular weight is 280 g/mol. The highest BCUT2D eigenvalue weighted by Crippen LogP contribution is 2.20. The van der Waals surface area contributed by atoms with Crippen LogP contribution in [0.15, 0.2) is 52.6 Å². The van der Waals surface area contributed by atoms with Gasteiger partial charge in [-0.15, -0.1) is 0 Å². The Hall–Kier alpha value is -2.69. The van der Waals surface area contributed by atoms with E-state index in [9.17, 15) is 0 Å². The molecule has 5 nitrogen and oxygen atoms in total. The van der Waals surface area contributed by atoms with Crippen molar-refractivity contribution in [3.05, 3.63) is 59.6 Å². The molecule has 0 amide bonds. The van der Waals surface area contributed by atoms with Crippen molar-refractivity contribution < 1.29 is 4.74 Å². The molecule has 0 fully saturated rings. The van der Waals surface area contributed by atoms with Crippen LogP contribution in [0.4, 0.5) is 0 Å². The molecule has 5 heteroatoms. The lowest BCUT2D eigenvalue weighted by molar-refractivity contribution is 0.415. The van der Waals surface area contributed by atoms with Crippen molar-refractivity contribution in [2.24, 2.45) is 9.98 Å². The molecule has 1 aromatic heterocycles. The predicted octanol–water partition coefficient (Wildman–Crippen LogP) is 2.73. The van der Waals surface area contributed by atoms with E-state index in [1.54, 1.807) is 11.8 Å². The van der Waals surface area contributed by atoms with Gasteiger partial charge in [-0.3, -0.25) is 0 Å². The molecule has 2 aromatic rings. The zero-order valence-corrected chi connectivity index (χ0v) is 12.3. The normalized spacial score (nSPS) is 14.1. The Labute approximate surface area is 123 Å². The highest BCUT2D eigenvalue weighted by Gasteiger charge is 2.19. The molecule has 1 aliphatic rings. The van der Waals surface area contributed by atoms with Gasteiger partial charge in [0.15, 0.2) is 0 Å². The van der Waals surface area contributed by atoms with Gasteiger partial charge in [0, 0.05) is 11.3 Å². The van der Waals surface area contributed by atoms with Crippen LogP contribution in [0.3, 0.4) is 0 Å². The third-order valence-corrected chi connectivity index (χ3v) is 3.28. The molecule has 0 N–H and O–H groups in total. The molecule has 1 aliphatic heterocycles. The van der Waals surface area contributed by atoms with E-state index in [0.29, 0.717) is 11.7 Å². The zero-order valence-electron chi connectivity index (χ0n) is 12.3. The molecule has 2 heterocycles. The summed E-state index contributed by atoms with van der Waals surface area (Å²) in [5, 5.41) is 4.40. The van der Waals surface area contributed by atoms with Crippen LogP contribution >= 0.6 is 0 Å². The van der Waals surface area contributed by atoms with Crippen LogP contribution in [0.1, 0.15) is 17.0 Å². The van der Waals surface area contributed by atoms with Crippen LogP contribution in [0.2, 0.25) is 0 Å². The molecule has 0 bridgehead atoms. The molecule has 106 valence electrons. The zero-order chi connectivity index (χ0) is 15.0. The maximum atomic E-state index is 5.16. The monoisotopic (exact) mass is 280 g/mol. The van der Waals surface area contributed by atoms with E-state index < -0.39 is 0 Å². The summed E-state index contributed by atoms with van der Waals surface area (Å²) in [6, 6.07) is 9.68. The number of nitrogens with zero attached hydrogens (tertiary/aromatic N) is 4. The maximum Gasteiger partial charge on any atom is 0.252 e. The third kappa shape index (κ3) is 2.38. The third-order valence-electron chi connectivity index (χ3n) is 3.28. The van der Waals surface area contributed by atoms with E-state index in [4.69, 9.17) is 4.74 Å². The molecule has 1 aromatic carbocycles. The van der Waals surface area contributed by atoms with Crippen LogP contribution in [0.5, 0.6) is 5.75 Å². The second-order valence-corrected chi connectivity index (χ2v) is 4.89. The molecule has 0 aliphatic carbocycles. The van der Waals surface area contributed by atoms with Crippen LogP contribution in [0, 0.1) is 13.8 Å². The summed E-state index contributed by atoms with van der Waals surface area (Å²) < 4.78 is 6.90. The molecule has 0 saturated heterocycles. The Balaban J connectivity index is 1.96. The lowest BCUT2D eigenvalue weighted by atomic mass is 10.1. The highest BCUT2D eigenvalue weighted by atomic mass is 16.5. The first kappa shape index (κ1) is 13.3. The lowest BCUT2D eigenvalue weighted by Gasteiger charge is -2.03. The quantitative estimate of drug-likeness (QED) is 0.849. The van der Waals surface area contributed by atoms with Gasteiger partial charge in [0.1, 0.15) is 5.75 Å². The second kappa shape index (κ2) is 5.01. The van der Waals surface area contributed by atoms with Gasteiger partial charge in [-0.25, -0.2) is 14.7 Å². The van der Waals surface area contributed by atoms with Gasteiger partial charge in [-0.05, 0) is 44.2 Å². The summed E-state index contributed by atoms with van der Waals surface area (Å²) in [6.45, 7) is 7.90. The van der Waals surface area contributed by atoms with E-state index in [1.165, 1.54) is 0 Å². The molecular formula is C16H16N4O. The fourth-order valence-corrected chi connectivity index (χ4v) is 2.27. The van der Waals surface area contributed by atoms with Gasteiger partial charge in [-0.1, -0.05) is 6.58 Å². The summed E-state index contributed by atoms with van der Waals surface area (Å²) in [6.07, 6.45) is 0. The number of hydrogen-bond donors (Lipinski definition) is 0. The minimum absolute atomic E-state index is 0.552.